The summed E-state index contributed by atoms with van der Waals surface area (Å²) in [6.07, 6.45) is 0. The van der Waals surface area contributed by atoms with E-state index < -0.39 is 9.76 Å². The van der Waals surface area contributed by atoms with Crippen LogP contribution in [0.1, 0.15) is 26.3 Å². The molecule has 0 bridgehead atoms. The lowest BCUT2D eigenvalue weighted by Gasteiger charge is -2.20. The molecule has 2 heteroatoms. The minimum absolute atomic E-state index is 0.00844. The van der Waals surface area contributed by atoms with Crippen LogP contribution in [0.4, 0.5) is 0 Å². The second kappa shape index (κ2) is 4.07. The van der Waals surface area contributed by atoms with Crippen molar-refractivity contribution in [1.29, 1.82) is 0 Å². The van der Waals surface area contributed by atoms with Crippen molar-refractivity contribution in [2.45, 2.75) is 33.3 Å². The van der Waals surface area contributed by atoms with Gasteiger partial charge in [-0.1, -0.05) is 29.8 Å². The Labute approximate surface area is 83.1 Å². The summed E-state index contributed by atoms with van der Waals surface area (Å²) in [7, 11) is -0.545. The highest BCUT2D eigenvalue weighted by Gasteiger charge is 2.10. The molecule has 0 heterocycles. The lowest BCUT2D eigenvalue weighted by atomic mass is 10.2. The van der Waals surface area contributed by atoms with Crippen molar-refractivity contribution in [1.82, 2.24) is 0 Å². The van der Waals surface area contributed by atoms with Gasteiger partial charge in [-0.25, -0.2) is 0 Å². The molecule has 72 valence electrons. The molecule has 0 N–H and O–H groups in total. The molecule has 13 heavy (non-hydrogen) atoms. The zero-order chi connectivity index (χ0) is 9.90. The van der Waals surface area contributed by atoms with Crippen molar-refractivity contribution in [3.63, 3.8) is 0 Å². The van der Waals surface area contributed by atoms with Gasteiger partial charge in [0.15, 0.2) is 9.76 Å². The molecule has 1 nitrogen and oxygen atoms in total. The first-order chi connectivity index (χ1) is 5.99. The Morgan fingerprint density at radius 1 is 1.15 bits per heavy atom. The van der Waals surface area contributed by atoms with E-state index in [1.807, 2.05) is 0 Å². The first kappa shape index (κ1) is 10.5. The summed E-state index contributed by atoms with van der Waals surface area (Å²) >= 11 is 0. The van der Waals surface area contributed by atoms with Crippen LogP contribution in [0.25, 0.3) is 0 Å². The molecule has 0 spiro atoms. The van der Waals surface area contributed by atoms with E-state index in [4.69, 9.17) is 4.43 Å². The Bertz CT molecular complexity index is 276. The van der Waals surface area contributed by atoms with Gasteiger partial charge in [0.2, 0.25) is 0 Å². The van der Waals surface area contributed by atoms with Crippen molar-refractivity contribution in [3.05, 3.63) is 29.8 Å². The fraction of sp³-hybridized carbons (Fsp3) is 0.455. The van der Waals surface area contributed by atoms with Gasteiger partial charge in [-0.3, -0.25) is 0 Å². The standard InChI is InChI=1S/C11H18OSi/c1-9-7-5-6-8-10(9)13-12-11(2,3)4/h5-8H,13H2,1-4H3. The number of hydrogen-bond donors (Lipinski definition) is 0. The largest absolute Gasteiger partial charge is 0.414 e. The Morgan fingerprint density at radius 2 is 1.77 bits per heavy atom. The number of rotatable bonds is 2. The Kier molecular flexibility index (Phi) is 3.28. The third-order valence-corrected chi connectivity index (χ3v) is 4.04. The smallest absolute Gasteiger partial charge is 0.193 e. The van der Waals surface area contributed by atoms with Crippen LogP contribution >= 0.6 is 0 Å². The van der Waals surface area contributed by atoms with Crippen LogP contribution in [0.3, 0.4) is 0 Å². The van der Waals surface area contributed by atoms with Gasteiger partial charge in [-0.05, 0) is 32.9 Å². The molecule has 0 amide bonds. The zero-order valence-electron chi connectivity index (χ0n) is 8.92. The predicted molar refractivity (Wildman–Crippen MR) is 60.2 cm³/mol. The van der Waals surface area contributed by atoms with E-state index in [2.05, 4.69) is 52.0 Å². The molecule has 1 rings (SSSR count). The van der Waals surface area contributed by atoms with Crippen molar-refractivity contribution in [2.75, 3.05) is 0 Å². The van der Waals surface area contributed by atoms with Gasteiger partial charge < -0.3 is 4.43 Å². The highest BCUT2D eigenvalue weighted by molar-refractivity contribution is 6.47. The first-order valence-corrected chi connectivity index (χ1v) is 5.96. The van der Waals surface area contributed by atoms with Crippen LogP contribution in [-0.2, 0) is 4.43 Å². The first-order valence-electron chi connectivity index (χ1n) is 4.67. The number of aryl methyl sites for hydroxylation is 1. The molecule has 0 atom stereocenters. The topological polar surface area (TPSA) is 9.23 Å². The molecule has 0 radical (unpaired) electrons. The van der Waals surface area contributed by atoms with Crippen molar-refractivity contribution in [3.8, 4) is 0 Å². The summed E-state index contributed by atoms with van der Waals surface area (Å²) in [5, 5.41) is 1.41. The summed E-state index contributed by atoms with van der Waals surface area (Å²) in [5.41, 5.74) is 1.37. The van der Waals surface area contributed by atoms with Crippen LogP contribution in [0.2, 0.25) is 0 Å². The van der Waals surface area contributed by atoms with Gasteiger partial charge in [0.05, 0.1) is 0 Å². The average molecular weight is 194 g/mol. The monoisotopic (exact) mass is 194 g/mol. The second-order valence-electron chi connectivity index (χ2n) is 4.33. The van der Waals surface area contributed by atoms with E-state index in [0.29, 0.717) is 0 Å². The average Bonchev–Trinajstić information content (AvgIpc) is 2.01. The van der Waals surface area contributed by atoms with Gasteiger partial charge in [0, 0.05) is 5.60 Å². The van der Waals surface area contributed by atoms with Gasteiger partial charge in [-0.2, -0.15) is 0 Å². The van der Waals surface area contributed by atoms with Crippen LogP contribution in [-0.4, -0.2) is 15.4 Å². The molecule has 0 aromatic heterocycles. The highest BCUT2D eigenvalue weighted by atomic mass is 28.2. The molecule has 0 saturated heterocycles. The molecule has 1 aromatic rings. The fourth-order valence-electron chi connectivity index (χ4n) is 1.07. The van der Waals surface area contributed by atoms with E-state index in [1.54, 1.807) is 0 Å². The van der Waals surface area contributed by atoms with Crippen molar-refractivity contribution >= 4 is 14.9 Å². The van der Waals surface area contributed by atoms with Crippen LogP contribution in [0.5, 0.6) is 0 Å². The molecule has 0 saturated carbocycles. The molecular weight excluding hydrogens is 176 g/mol. The van der Waals surface area contributed by atoms with Crippen molar-refractivity contribution < 1.29 is 4.43 Å². The van der Waals surface area contributed by atoms with E-state index in [0.717, 1.165) is 0 Å². The van der Waals surface area contributed by atoms with E-state index >= 15 is 0 Å². The van der Waals surface area contributed by atoms with Gasteiger partial charge in [0.1, 0.15) is 0 Å². The van der Waals surface area contributed by atoms with Crippen LogP contribution < -0.4 is 5.19 Å². The second-order valence-corrected chi connectivity index (χ2v) is 5.67. The highest BCUT2D eigenvalue weighted by Crippen LogP contribution is 2.05. The van der Waals surface area contributed by atoms with Crippen LogP contribution in [0, 0.1) is 6.92 Å². The van der Waals surface area contributed by atoms with Gasteiger partial charge in [-0.15, -0.1) is 0 Å². The Balaban J connectivity index is 2.60. The van der Waals surface area contributed by atoms with E-state index in [9.17, 15) is 0 Å². The summed E-state index contributed by atoms with van der Waals surface area (Å²) in [5.74, 6) is 0. The Hall–Kier alpha value is -0.603. The third-order valence-electron chi connectivity index (χ3n) is 1.92. The molecule has 0 unspecified atom stereocenters. The zero-order valence-corrected chi connectivity index (χ0v) is 10.3. The number of benzene rings is 1. The van der Waals surface area contributed by atoms with Crippen LogP contribution in [0.15, 0.2) is 24.3 Å². The fourth-order valence-corrected chi connectivity index (χ4v) is 2.23. The quantitative estimate of drug-likeness (QED) is 0.649. The maximum absolute atomic E-state index is 5.84. The summed E-state index contributed by atoms with van der Waals surface area (Å²) in [4.78, 5) is 0. The normalized spacial score (nSPS) is 12.6. The number of hydrogen-bond acceptors (Lipinski definition) is 1. The van der Waals surface area contributed by atoms with E-state index in [1.165, 1.54) is 10.8 Å². The lowest BCUT2D eigenvalue weighted by Crippen LogP contribution is -2.29. The molecule has 0 aliphatic heterocycles. The molecular formula is C11H18OSi. The Morgan fingerprint density at radius 3 is 2.31 bits per heavy atom. The maximum atomic E-state index is 5.84. The minimum atomic E-state index is -0.545. The van der Waals surface area contributed by atoms with E-state index in [-0.39, 0.29) is 5.60 Å². The van der Waals surface area contributed by atoms with Crippen molar-refractivity contribution in [2.24, 2.45) is 0 Å². The van der Waals surface area contributed by atoms with Gasteiger partial charge in [0.25, 0.3) is 0 Å². The lowest BCUT2D eigenvalue weighted by molar-refractivity contribution is 0.142. The minimum Gasteiger partial charge on any atom is -0.414 e. The molecule has 0 aliphatic rings. The summed E-state index contributed by atoms with van der Waals surface area (Å²) in [6.45, 7) is 8.48. The maximum Gasteiger partial charge on any atom is 0.193 e. The summed E-state index contributed by atoms with van der Waals surface area (Å²) in [6, 6.07) is 8.48. The predicted octanol–water partition coefficient (Wildman–Crippen LogP) is 1.52. The third kappa shape index (κ3) is 3.74. The molecule has 0 fully saturated rings. The molecule has 1 aromatic carbocycles. The SMILES string of the molecule is Cc1ccccc1[SiH2]OC(C)(C)C. The van der Waals surface area contributed by atoms with Gasteiger partial charge >= 0.3 is 0 Å². The summed E-state index contributed by atoms with van der Waals surface area (Å²) < 4.78 is 5.84. The molecule has 0 aliphatic carbocycles.